The summed E-state index contributed by atoms with van der Waals surface area (Å²) >= 11 is 0.880. The minimum atomic E-state index is -4.57. The molecule has 26 heavy (non-hydrogen) atoms. The van der Waals surface area contributed by atoms with E-state index in [4.69, 9.17) is 0 Å². The zero-order valence-corrected chi connectivity index (χ0v) is 14.7. The highest BCUT2D eigenvalue weighted by Gasteiger charge is 2.34. The van der Waals surface area contributed by atoms with Gasteiger partial charge in [-0.15, -0.1) is 5.10 Å². The average Bonchev–Trinajstić information content (AvgIpc) is 3.01. The zero-order chi connectivity index (χ0) is 18.7. The van der Waals surface area contributed by atoms with Crippen molar-refractivity contribution in [3.63, 3.8) is 0 Å². The molecule has 0 fully saturated rings. The van der Waals surface area contributed by atoms with E-state index in [2.05, 4.69) is 25.5 Å². The minimum absolute atomic E-state index is 0.0763. The van der Waals surface area contributed by atoms with Crippen LogP contribution in [-0.2, 0) is 12.7 Å². The molecule has 0 saturated carbocycles. The minimum Gasteiger partial charge on any atom is -0.363 e. The van der Waals surface area contributed by atoms with Gasteiger partial charge in [0.2, 0.25) is 5.16 Å². The Kier molecular flexibility index (Phi) is 5.07. The molecule has 0 N–H and O–H groups in total. The molecule has 11 heteroatoms. The standard InChI is InChI=1S/C15H14F3N7S/c1-24(2)12-8-11(15(16,17)18)19-13(20-12)26-14-21-22-23-25(14)9-10-6-4-3-5-7-10/h3-8H,9H2,1-2H3. The highest BCUT2D eigenvalue weighted by molar-refractivity contribution is 7.99. The third-order valence-corrected chi connectivity index (χ3v) is 4.14. The second-order valence-corrected chi connectivity index (χ2v) is 6.43. The van der Waals surface area contributed by atoms with Gasteiger partial charge in [0.1, 0.15) is 5.82 Å². The van der Waals surface area contributed by atoms with Crippen LogP contribution in [0.15, 0.2) is 46.7 Å². The quantitative estimate of drug-likeness (QED) is 0.629. The summed E-state index contributed by atoms with van der Waals surface area (Å²) in [5, 5.41) is 11.6. The summed E-state index contributed by atoms with van der Waals surface area (Å²) in [7, 11) is 3.22. The highest BCUT2D eigenvalue weighted by Crippen LogP contribution is 2.32. The molecule has 0 aliphatic heterocycles. The third kappa shape index (κ3) is 4.28. The predicted molar refractivity (Wildman–Crippen MR) is 88.8 cm³/mol. The van der Waals surface area contributed by atoms with Crippen LogP contribution >= 0.6 is 11.8 Å². The molecule has 0 unspecified atom stereocenters. The second kappa shape index (κ2) is 7.28. The maximum atomic E-state index is 13.1. The van der Waals surface area contributed by atoms with Crippen molar-refractivity contribution >= 4 is 17.6 Å². The molecule has 0 radical (unpaired) electrons. The van der Waals surface area contributed by atoms with Crippen molar-refractivity contribution in [3.8, 4) is 0 Å². The molecular formula is C15H14F3N7S. The maximum absolute atomic E-state index is 13.1. The summed E-state index contributed by atoms with van der Waals surface area (Å²) in [6.07, 6.45) is -4.57. The molecule has 0 spiro atoms. The van der Waals surface area contributed by atoms with Crippen LogP contribution in [0.2, 0.25) is 0 Å². The van der Waals surface area contributed by atoms with Crippen LogP contribution in [0, 0.1) is 0 Å². The Hall–Kier alpha value is -2.69. The van der Waals surface area contributed by atoms with E-state index in [1.165, 1.54) is 9.58 Å². The van der Waals surface area contributed by atoms with Gasteiger partial charge in [0, 0.05) is 20.2 Å². The molecular weight excluding hydrogens is 367 g/mol. The van der Waals surface area contributed by atoms with E-state index >= 15 is 0 Å². The Morgan fingerprint density at radius 3 is 2.50 bits per heavy atom. The first-order valence-corrected chi connectivity index (χ1v) is 8.26. The smallest absolute Gasteiger partial charge is 0.363 e. The van der Waals surface area contributed by atoms with Gasteiger partial charge in [-0.25, -0.2) is 14.6 Å². The number of hydrogen-bond donors (Lipinski definition) is 0. The molecule has 0 amide bonds. The third-order valence-electron chi connectivity index (χ3n) is 3.30. The van der Waals surface area contributed by atoms with Crippen LogP contribution in [0.5, 0.6) is 0 Å². The zero-order valence-electron chi connectivity index (χ0n) is 13.8. The molecule has 0 bridgehead atoms. The molecule has 3 rings (SSSR count). The molecule has 2 aromatic heterocycles. The van der Waals surface area contributed by atoms with Crippen LogP contribution in [0.3, 0.4) is 0 Å². The van der Waals surface area contributed by atoms with Gasteiger partial charge in [-0.1, -0.05) is 30.3 Å². The SMILES string of the molecule is CN(C)c1cc(C(F)(F)F)nc(Sc2nnnn2Cc2ccccc2)n1. The normalized spacial score (nSPS) is 11.6. The first kappa shape index (κ1) is 18.1. The molecule has 1 aromatic carbocycles. The van der Waals surface area contributed by atoms with Crippen molar-refractivity contribution in [2.24, 2.45) is 0 Å². The van der Waals surface area contributed by atoms with E-state index in [9.17, 15) is 13.2 Å². The topological polar surface area (TPSA) is 72.6 Å². The van der Waals surface area contributed by atoms with Gasteiger partial charge < -0.3 is 4.90 Å². The van der Waals surface area contributed by atoms with Gasteiger partial charge in [0.15, 0.2) is 10.9 Å². The summed E-state index contributed by atoms with van der Waals surface area (Å²) in [5.41, 5.74) is -0.0543. The molecule has 0 aliphatic rings. The lowest BCUT2D eigenvalue weighted by molar-refractivity contribution is -0.141. The van der Waals surface area contributed by atoms with Crippen molar-refractivity contribution in [1.82, 2.24) is 30.2 Å². The van der Waals surface area contributed by atoms with Crippen LogP contribution < -0.4 is 4.90 Å². The Labute approximate surface area is 151 Å². The van der Waals surface area contributed by atoms with Crippen molar-refractivity contribution in [1.29, 1.82) is 0 Å². The summed E-state index contributed by atoms with van der Waals surface area (Å²) in [5.74, 6) is 0.150. The summed E-state index contributed by atoms with van der Waals surface area (Å²) in [6, 6.07) is 10.4. The van der Waals surface area contributed by atoms with Crippen molar-refractivity contribution in [3.05, 3.63) is 47.7 Å². The van der Waals surface area contributed by atoms with Crippen LogP contribution in [0.1, 0.15) is 11.3 Å². The fourth-order valence-electron chi connectivity index (χ4n) is 2.04. The second-order valence-electron chi connectivity index (χ2n) is 5.49. The predicted octanol–water partition coefficient (Wildman–Crippen LogP) is 2.75. The van der Waals surface area contributed by atoms with Gasteiger partial charge in [0.25, 0.3) is 0 Å². The Morgan fingerprint density at radius 1 is 1.12 bits per heavy atom. The monoisotopic (exact) mass is 381 g/mol. The lowest BCUT2D eigenvalue weighted by atomic mass is 10.2. The van der Waals surface area contributed by atoms with E-state index in [0.29, 0.717) is 11.7 Å². The van der Waals surface area contributed by atoms with E-state index in [1.807, 2.05) is 30.3 Å². The molecule has 2 heterocycles. The summed E-state index contributed by atoms with van der Waals surface area (Å²) < 4.78 is 40.8. The molecule has 3 aromatic rings. The first-order chi connectivity index (χ1) is 12.3. The Balaban J connectivity index is 1.90. The van der Waals surface area contributed by atoms with Crippen molar-refractivity contribution in [2.45, 2.75) is 23.0 Å². The van der Waals surface area contributed by atoms with E-state index in [1.54, 1.807) is 14.1 Å². The average molecular weight is 381 g/mol. The Bertz CT molecular complexity index is 880. The molecule has 136 valence electrons. The molecule has 0 aliphatic carbocycles. The van der Waals surface area contributed by atoms with Crippen molar-refractivity contribution < 1.29 is 13.2 Å². The number of nitrogens with zero attached hydrogens (tertiary/aromatic N) is 7. The molecule has 0 saturated heterocycles. The number of alkyl halides is 3. The molecule has 7 nitrogen and oxygen atoms in total. The van der Waals surface area contributed by atoms with Crippen molar-refractivity contribution in [2.75, 3.05) is 19.0 Å². The lowest BCUT2D eigenvalue weighted by Crippen LogP contribution is -2.16. The number of tetrazole rings is 1. The van der Waals surface area contributed by atoms with Gasteiger partial charge in [-0.3, -0.25) is 0 Å². The highest BCUT2D eigenvalue weighted by atomic mass is 32.2. The summed E-state index contributed by atoms with van der Waals surface area (Å²) in [4.78, 5) is 9.22. The van der Waals surface area contributed by atoms with Crippen LogP contribution in [0.4, 0.5) is 19.0 Å². The number of aromatic nitrogens is 6. The number of anilines is 1. The maximum Gasteiger partial charge on any atom is 0.433 e. The van der Waals surface area contributed by atoms with Gasteiger partial charge in [0.05, 0.1) is 6.54 Å². The van der Waals surface area contributed by atoms with Gasteiger partial charge in [-0.05, 0) is 27.8 Å². The van der Waals surface area contributed by atoms with E-state index < -0.39 is 11.9 Å². The van der Waals surface area contributed by atoms with Crippen LogP contribution in [-0.4, -0.2) is 44.3 Å². The molecule has 0 atom stereocenters. The van der Waals surface area contributed by atoms with Crippen LogP contribution in [0.25, 0.3) is 0 Å². The fourth-order valence-corrected chi connectivity index (χ4v) is 2.77. The number of hydrogen-bond acceptors (Lipinski definition) is 7. The van der Waals surface area contributed by atoms with Gasteiger partial charge >= 0.3 is 6.18 Å². The van der Waals surface area contributed by atoms with E-state index in [0.717, 1.165) is 23.4 Å². The largest absolute Gasteiger partial charge is 0.433 e. The first-order valence-electron chi connectivity index (χ1n) is 7.44. The fraction of sp³-hybridized carbons (Fsp3) is 0.267. The Morgan fingerprint density at radius 2 is 1.85 bits per heavy atom. The summed E-state index contributed by atoms with van der Waals surface area (Å²) in [6.45, 7) is 0.385. The number of halogens is 3. The van der Waals surface area contributed by atoms with Gasteiger partial charge in [-0.2, -0.15) is 13.2 Å². The number of benzene rings is 1. The van der Waals surface area contributed by atoms with E-state index in [-0.39, 0.29) is 11.0 Å². The number of rotatable bonds is 5. The lowest BCUT2D eigenvalue weighted by Gasteiger charge is -2.15.